The lowest BCUT2D eigenvalue weighted by atomic mass is 9.95. The van der Waals surface area contributed by atoms with E-state index in [0.29, 0.717) is 50.0 Å². The maximum atomic E-state index is 14.1. The SMILES string of the molecule is COc1ccc([C@H]2C(C(=O)Nc3ccccc3)=C(C)N=c3s/c(=C/c4ccc(OCc5ccc(C#N)cc5)c(Br)c4)c(=O)n32)cc1. The Hall–Kier alpha value is -5.24. The monoisotopic (exact) mass is 690 g/mol. The number of hydrogen-bond acceptors (Lipinski definition) is 7. The summed E-state index contributed by atoms with van der Waals surface area (Å²) in [4.78, 5) is 33.0. The molecule has 0 radical (unpaired) electrons. The molecule has 0 unspecified atom stereocenters. The molecule has 2 heterocycles. The first kappa shape index (κ1) is 30.8. The van der Waals surface area contributed by atoms with Gasteiger partial charge in [-0.2, -0.15) is 5.26 Å². The number of aromatic nitrogens is 1. The predicted molar refractivity (Wildman–Crippen MR) is 181 cm³/mol. The molecule has 1 aromatic heterocycles. The van der Waals surface area contributed by atoms with Gasteiger partial charge in [-0.15, -0.1) is 0 Å². The molecule has 0 fully saturated rings. The number of para-hydroxylation sites is 1. The van der Waals surface area contributed by atoms with Crippen LogP contribution in [0.1, 0.15) is 35.2 Å². The molecule has 0 saturated carbocycles. The van der Waals surface area contributed by atoms with Crippen LogP contribution in [0.4, 0.5) is 5.69 Å². The van der Waals surface area contributed by atoms with Crippen molar-refractivity contribution in [1.29, 1.82) is 5.26 Å². The number of ether oxygens (including phenoxy) is 2. The van der Waals surface area contributed by atoms with Gasteiger partial charge >= 0.3 is 0 Å². The van der Waals surface area contributed by atoms with E-state index < -0.39 is 6.04 Å². The second-order valence-corrected chi connectivity index (χ2v) is 12.3. The molecule has 1 atom stereocenters. The van der Waals surface area contributed by atoms with Crippen molar-refractivity contribution in [1.82, 2.24) is 4.57 Å². The standard InChI is InChI=1S/C36H27BrN4O4S/c1-22-32(34(42)40-27-6-4-3-5-7-27)33(26-13-15-28(44-2)16-14-26)41-35(43)31(46-36(41)39-22)19-25-12-17-30(29(37)18-25)45-21-24-10-8-23(20-38)9-11-24/h3-19,33H,21H2,1-2H3,(H,40,42)/b31-19+/t33-/m0/s1. The largest absolute Gasteiger partial charge is 0.497 e. The molecule has 0 aliphatic carbocycles. The molecule has 0 saturated heterocycles. The molecule has 10 heteroatoms. The summed E-state index contributed by atoms with van der Waals surface area (Å²) in [6.45, 7) is 2.13. The number of halogens is 1. The van der Waals surface area contributed by atoms with Crippen LogP contribution in [0.3, 0.4) is 0 Å². The minimum absolute atomic E-state index is 0.251. The third-order valence-corrected chi connectivity index (χ3v) is 9.06. The van der Waals surface area contributed by atoms with Crippen LogP contribution in [0.2, 0.25) is 0 Å². The second kappa shape index (κ2) is 13.4. The lowest BCUT2D eigenvalue weighted by Gasteiger charge is -2.25. The normalized spacial score (nSPS) is 14.2. The topological polar surface area (TPSA) is 106 Å². The van der Waals surface area contributed by atoms with Crippen LogP contribution in [0, 0.1) is 11.3 Å². The number of benzene rings is 4. The zero-order valence-corrected chi connectivity index (χ0v) is 27.3. The van der Waals surface area contributed by atoms with Crippen molar-refractivity contribution < 1.29 is 14.3 Å². The Balaban J connectivity index is 1.35. The summed E-state index contributed by atoms with van der Waals surface area (Å²) in [5.74, 6) is 0.984. The summed E-state index contributed by atoms with van der Waals surface area (Å²) in [5, 5.41) is 12.0. The number of nitriles is 1. The van der Waals surface area contributed by atoms with E-state index >= 15 is 0 Å². The Morgan fingerprint density at radius 2 is 1.80 bits per heavy atom. The molecule has 8 nitrogen and oxygen atoms in total. The summed E-state index contributed by atoms with van der Waals surface area (Å²) in [6.07, 6.45) is 1.81. The number of amides is 1. The van der Waals surface area contributed by atoms with E-state index in [-0.39, 0.29) is 11.5 Å². The third-order valence-electron chi connectivity index (χ3n) is 7.46. The Morgan fingerprint density at radius 3 is 2.48 bits per heavy atom. The molecule has 46 heavy (non-hydrogen) atoms. The first-order valence-electron chi connectivity index (χ1n) is 14.3. The number of fused-ring (bicyclic) bond motifs is 1. The number of carbonyl (C=O) groups is 1. The number of thiazole rings is 1. The van der Waals surface area contributed by atoms with Crippen molar-refractivity contribution in [2.75, 3.05) is 12.4 Å². The van der Waals surface area contributed by atoms with E-state index in [0.717, 1.165) is 21.2 Å². The fraction of sp³-hybridized carbons (Fsp3) is 0.111. The fourth-order valence-corrected chi connectivity index (χ4v) is 6.70. The van der Waals surface area contributed by atoms with Crippen LogP contribution in [0.15, 0.2) is 123 Å². The lowest BCUT2D eigenvalue weighted by molar-refractivity contribution is -0.113. The molecule has 228 valence electrons. The first-order chi connectivity index (χ1) is 22.3. The van der Waals surface area contributed by atoms with Crippen LogP contribution < -0.4 is 29.7 Å². The highest BCUT2D eigenvalue weighted by Gasteiger charge is 2.32. The van der Waals surface area contributed by atoms with Gasteiger partial charge in [-0.3, -0.25) is 14.2 Å². The summed E-state index contributed by atoms with van der Waals surface area (Å²) in [6, 6.07) is 30.8. The average Bonchev–Trinajstić information content (AvgIpc) is 3.37. The van der Waals surface area contributed by atoms with Gasteiger partial charge in [0, 0.05) is 5.69 Å². The number of hydrogen-bond donors (Lipinski definition) is 1. The minimum atomic E-state index is -0.697. The highest BCUT2D eigenvalue weighted by molar-refractivity contribution is 9.10. The van der Waals surface area contributed by atoms with Crippen molar-refractivity contribution in [2.24, 2.45) is 4.99 Å². The first-order valence-corrected chi connectivity index (χ1v) is 15.9. The minimum Gasteiger partial charge on any atom is -0.497 e. The molecule has 6 rings (SSSR count). The number of anilines is 1. The zero-order valence-electron chi connectivity index (χ0n) is 24.9. The quantitative estimate of drug-likeness (QED) is 0.212. The molecule has 1 aliphatic rings. The van der Waals surface area contributed by atoms with Gasteiger partial charge in [0.1, 0.15) is 18.1 Å². The van der Waals surface area contributed by atoms with E-state index in [9.17, 15) is 9.59 Å². The summed E-state index contributed by atoms with van der Waals surface area (Å²) >= 11 is 4.87. The van der Waals surface area contributed by atoms with Crippen molar-refractivity contribution in [3.63, 3.8) is 0 Å². The number of rotatable bonds is 8. The van der Waals surface area contributed by atoms with E-state index in [4.69, 9.17) is 19.7 Å². The smallest absolute Gasteiger partial charge is 0.271 e. The van der Waals surface area contributed by atoms with E-state index in [1.54, 1.807) is 30.7 Å². The van der Waals surface area contributed by atoms with Gasteiger partial charge in [0.25, 0.3) is 11.5 Å². The van der Waals surface area contributed by atoms with Crippen molar-refractivity contribution >= 4 is 44.9 Å². The average molecular weight is 692 g/mol. The number of allylic oxidation sites excluding steroid dienone is 1. The number of methoxy groups -OCH3 is 1. The summed E-state index contributed by atoms with van der Waals surface area (Å²) < 4.78 is 14.1. The lowest BCUT2D eigenvalue weighted by Crippen LogP contribution is -2.40. The van der Waals surface area contributed by atoms with Crippen LogP contribution in [0.25, 0.3) is 6.08 Å². The van der Waals surface area contributed by atoms with E-state index in [1.165, 1.54) is 11.3 Å². The molecular formula is C36H27BrN4O4S. The Kier molecular flexibility index (Phi) is 8.97. The Bertz CT molecular complexity index is 2180. The van der Waals surface area contributed by atoms with Gasteiger partial charge in [0.15, 0.2) is 4.80 Å². The predicted octanol–water partition coefficient (Wildman–Crippen LogP) is 6.10. The zero-order chi connectivity index (χ0) is 32.2. The second-order valence-electron chi connectivity index (χ2n) is 10.5. The number of nitrogens with one attached hydrogen (secondary N) is 1. The van der Waals surface area contributed by atoms with E-state index in [1.807, 2.05) is 91.0 Å². The van der Waals surface area contributed by atoms with Crippen LogP contribution in [0.5, 0.6) is 11.5 Å². The molecule has 0 spiro atoms. The summed E-state index contributed by atoms with van der Waals surface area (Å²) in [7, 11) is 1.59. The van der Waals surface area contributed by atoms with Crippen molar-refractivity contribution in [3.8, 4) is 17.6 Å². The molecular weight excluding hydrogens is 664 g/mol. The number of carbonyl (C=O) groups excluding carboxylic acids is 1. The molecule has 1 aliphatic heterocycles. The van der Waals surface area contributed by atoms with Crippen LogP contribution in [-0.2, 0) is 11.4 Å². The van der Waals surface area contributed by atoms with Gasteiger partial charge in [-0.25, -0.2) is 4.99 Å². The number of nitrogens with zero attached hydrogens (tertiary/aromatic N) is 3. The molecule has 0 bridgehead atoms. The maximum Gasteiger partial charge on any atom is 0.271 e. The van der Waals surface area contributed by atoms with E-state index in [2.05, 4.69) is 27.3 Å². The highest BCUT2D eigenvalue weighted by Crippen LogP contribution is 2.32. The van der Waals surface area contributed by atoms with Crippen molar-refractivity contribution in [3.05, 3.63) is 155 Å². The Morgan fingerprint density at radius 1 is 1.07 bits per heavy atom. The maximum absolute atomic E-state index is 14.1. The van der Waals surface area contributed by atoms with Gasteiger partial charge in [0.05, 0.1) is 45.1 Å². The van der Waals surface area contributed by atoms with Crippen molar-refractivity contribution in [2.45, 2.75) is 19.6 Å². The van der Waals surface area contributed by atoms with Gasteiger partial charge < -0.3 is 14.8 Å². The van der Waals surface area contributed by atoms with Crippen LogP contribution >= 0.6 is 27.3 Å². The van der Waals surface area contributed by atoms with Gasteiger partial charge in [0.2, 0.25) is 0 Å². The van der Waals surface area contributed by atoms with Gasteiger partial charge in [-0.05, 0) is 94.2 Å². The molecule has 4 aromatic carbocycles. The Labute approximate surface area is 277 Å². The molecule has 1 amide bonds. The van der Waals surface area contributed by atoms with Crippen LogP contribution in [-0.4, -0.2) is 17.6 Å². The molecule has 1 N–H and O–H groups in total. The van der Waals surface area contributed by atoms with Gasteiger partial charge in [-0.1, -0.05) is 59.9 Å². The highest BCUT2D eigenvalue weighted by atomic mass is 79.9. The molecule has 5 aromatic rings. The third kappa shape index (κ3) is 6.42. The summed E-state index contributed by atoms with van der Waals surface area (Å²) in [5.41, 5.74) is 4.40. The fourth-order valence-electron chi connectivity index (χ4n) is 5.15.